The smallest absolute Gasteiger partial charge is 0.00141 e. The van der Waals surface area contributed by atoms with Gasteiger partial charge in [-0.3, -0.25) is 0 Å². The first-order valence-corrected chi connectivity index (χ1v) is 3.83. The van der Waals surface area contributed by atoms with Gasteiger partial charge in [-0.1, -0.05) is 6.58 Å². The number of hydrogen-bond donors (Lipinski definition) is 1. The highest BCUT2D eigenvalue weighted by Gasteiger charge is 1.80. The minimum absolute atomic E-state index is 1.11. The first-order chi connectivity index (χ1) is 3.91. The van der Waals surface area contributed by atoms with Gasteiger partial charge in [0.05, 0.1) is 0 Å². The molecule has 0 fully saturated rings. The number of nitrogens with one attached hydrogen (secondary N) is 1. The molecule has 0 aromatic heterocycles. The van der Waals surface area contributed by atoms with Crippen molar-refractivity contribution in [1.82, 2.24) is 5.32 Å². The molecule has 8 heavy (non-hydrogen) atoms. The Kier molecular flexibility index (Phi) is 7.09. The number of rotatable bonds is 5. The highest BCUT2D eigenvalue weighted by molar-refractivity contribution is 8.02. The lowest BCUT2D eigenvalue weighted by Gasteiger charge is -1.93. The van der Waals surface area contributed by atoms with Gasteiger partial charge >= 0.3 is 0 Å². The molecule has 0 aliphatic carbocycles. The Hall–Kier alpha value is 0.0500. The zero-order valence-corrected chi connectivity index (χ0v) is 6.13. The van der Waals surface area contributed by atoms with Crippen LogP contribution in [0.15, 0.2) is 12.0 Å². The monoisotopic (exact) mass is 131 g/mol. The van der Waals surface area contributed by atoms with E-state index >= 15 is 0 Å². The van der Waals surface area contributed by atoms with E-state index in [4.69, 9.17) is 0 Å². The van der Waals surface area contributed by atoms with Crippen LogP contribution < -0.4 is 5.32 Å². The standard InChI is InChI=1S/C6H13NS/c1-3-8-6-4-5-7-2/h3,7H,1,4-6H2,2H3. The third-order valence-electron chi connectivity index (χ3n) is 0.807. The van der Waals surface area contributed by atoms with Crippen LogP contribution in [0.5, 0.6) is 0 Å². The van der Waals surface area contributed by atoms with Crippen molar-refractivity contribution in [2.24, 2.45) is 0 Å². The second kappa shape index (κ2) is 7.05. The molecule has 0 saturated carbocycles. The third kappa shape index (κ3) is 6.05. The summed E-state index contributed by atoms with van der Waals surface area (Å²) in [5.41, 5.74) is 0. The van der Waals surface area contributed by atoms with E-state index in [0.29, 0.717) is 0 Å². The highest BCUT2D eigenvalue weighted by atomic mass is 32.2. The largest absolute Gasteiger partial charge is 0.320 e. The summed E-state index contributed by atoms with van der Waals surface area (Å²) in [6.07, 6.45) is 1.23. The first-order valence-electron chi connectivity index (χ1n) is 2.79. The minimum atomic E-state index is 1.11. The van der Waals surface area contributed by atoms with E-state index in [2.05, 4.69) is 11.9 Å². The van der Waals surface area contributed by atoms with Crippen molar-refractivity contribution in [3.8, 4) is 0 Å². The molecule has 0 aliphatic heterocycles. The molecule has 0 aromatic carbocycles. The Morgan fingerprint density at radius 1 is 1.75 bits per heavy atom. The van der Waals surface area contributed by atoms with Crippen LogP contribution in [0.25, 0.3) is 0 Å². The Bertz CT molecular complexity index is 54.5. The maximum absolute atomic E-state index is 3.60. The van der Waals surface area contributed by atoms with E-state index in [9.17, 15) is 0 Å². The van der Waals surface area contributed by atoms with E-state index < -0.39 is 0 Å². The molecule has 0 aromatic rings. The van der Waals surface area contributed by atoms with Crippen LogP contribution in [0, 0.1) is 0 Å². The van der Waals surface area contributed by atoms with Crippen molar-refractivity contribution in [2.75, 3.05) is 19.3 Å². The van der Waals surface area contributed by atoms with Crippen molar-refractivity contribution < 1.29 is 0 Å². The average Bonchev–Trinajstić information content (AvgIpc) is 1.81. The lowest BCUT2D eigenvalue weighted by Crippen LogP contribution is -2.07. The third-order valence-corrected chi connectivity index (χ3v) is 1.57. The molecule has 0 bridgehead atoms. The van der Waals surface area contributed by atoms with Gasteiger partial charge in [-0.2, -0.15) is 0 Å². The fourth-order valence-electron chi connectivity index (χ4n) is 0.416. The summed E-state index contributed by atoms with van der Waals surface area (Å²) < 4.78 is 0. The maximum atomic E-state index is 3.60. The van der Waals surface area contributed by atoms with Gasteiger partial charge in [-0.25, -0.2) is 0 Å². The minimum Gasteiger partial charge on any atom is -0.320 e. The SMILES string of the molecule is C=CSCCCNC. The molecule has 0 heterocycles. The summed E-state index contributed by atoms with van der Waals surface area (Å²) in [7, 11) is 1.97. The van der Waals surface area contributed by atoms with Gasteiger partial charge in [-0.15, -0.1) is 11.8 Å². The second-order valence-electron chi connectivity index (χ2n) is 1.49. The molecule has 0 saturated heterocycles. The van der Waals surface area contributed by atoms with Crippen molar-refractivity contribution >= 4 is 11.8 Å². The Labute approximate surface area is 55.5 Å². The van der Waals surface area contributed by atoms with Gasteiger partial charge in [0.15, 0.2) is 0 Å². The molecule has 0 radical (unpaired) electrons. The predicted octanol–water partition coefficient (Wildman–Crippen LogP) is 1.47. The lowest BCUT2D eigenvalue weighted by molar-refractivity contribution is 0.778. The van der Waals surface area contributed by atoms with Crippen LogP contribution in [-0.2, 0) is 0 Å². The topological polar surface area (TPSA) is 12.0 Å². The van der Waals surface area contributed by atoms with Crippen LogP contribution in [0.2, 0.25) is 0 Å². The molecular weight excluding hydrogens is 118 g/mol. The van der Waals surface area contributed by atoms with E-state index in [1.165, 1.54) is 12.2 Å². The normalized spacial score (nSPS) is 9.12. The fraction of sp³-hybridized carbons (Fsp3) is 0.667. The summed E-state index contributed by atoms with van der Waals surface area (Å²) in [6.45, 7) is 4.71. The van der Waals surface area contributed by atoms with Gasteiger partial charge < -0.3 is 5.32 Å². The van der Waals surface area contributed by atoms with Gasteiger partial charge in [0.25, 0.3) is 0 Å². The first kappa shape index (κ1) is 8.05. The molecule has 0 atom stereocenters. The molecular formula is C6H13NS. The van der Waals surface area contributed by atoms with Crippen LogP contribution >= 0.6 is 11.8 Å². The molecule has 0 unspecified atom stereocenters. The molecule has 0 spiro atoms. The Balaban J connectivity index is 2.62. The van der Waals surface area contributed by atoms with E-state index in [1.807, 2.05) is 12.5 Å². The predicted molar refractivity (Wildman–Crippen MR) is 41.2 cm³/mol. The van der Waals surface area contributed by atoms with Crippen molar-refractivity contribution in [1.29, 1.82) is 0 Å². The summed E-state index contributed by atoms with van der Waals surface area (Å²) in [5.74, 6) is 1.18. The van der Waals surface area contributed by atoms with Crippen molar-refractivity contribution in [3.05, 3.63) is 12.0 Å². The van der Waals surface area contributed by atoms with E-state index in [-0.39, 0.29) is 0 Å². The maximum Gasteiger partial charge on any atom is -0.00141 e. The van der Waals surface area contributed by atoms with E-state index in [1.54, 1.807) is 11.8 Å². The van der Waals surface area contributed by atoms with Gasteiger partial charge in [-0.05, 0) is 31.2 Å². The summed E-state index contributed by atoms with van der Waals surface area (Å²) >= 11 is 1.77. The van der Waals surface area contributed by atoms with Crippen LogP contribution in [0.1, 0.15) is 6.42 Å². The fourth-order valence-corrected chi connectivity index (χ4v) is 0.893. The molecule has 1 nitrogen and oxygen atoms in total. The lowest BCUT2D eigenvalue weighted by atomic mass is 10.5. The van der Waals surface area contributed by atoms with Crippen LogP contribution in [0.3, 0.4) is 0 Å². The number of hydrogen-bond acceptors (Lipinski definition) is 2. The molecule has 0 amide bonds. The summed E-state index contributed by atoms with van der Waals surface area (Å²) in [5, 5.41) is 4.96. The Morgan fingerprint density at radius 2 is 2.50 bits per heavy atom. The van der Waals surface area contributed by atoms with Crippen molar-refractivity contribution in [2.45, 2.75) is 6.42 Å². The highest BCUT2D eigenvalue weighted by Crippen LogP contribution is 2.00. The van der Waals surface area contributed by atoms with Crippen molar-refractivity contribution in [3.63, 3.8) is 0 Å². The average molecular weight is 131 g/mol. The second-order valence-corrected chi connectivity index (χ2v) is 2.57. The molecule has 2 heteroatoms. The summed E-state index contributed by atoms with van der Waals surface area (Å²) in [6, 6.07) is 0. The molecule has 1 N–H and O–H groups in total. The van der Waals surface area contributed by atoms with Gasteiger partial charge in [0, 0.05) is 0 Å². The summed E-state index contributed by atoms with van der Waals surface area (Å²) in [4.78, 5) is 0. The zero-order chi connectivity index (χ0) is 6.24. The molecule has 0 rings (SSSR count). The molecule has 0 aliphatic rings. The van der Waals surface area contributed by atoms with E-state index in [0.717, 1.165) is 6.54 Å². The Morgan fingerprint density at radius 3 is 3.00 bits per heavy atom. The molecule has 48 valence electrons. The quantitative estimate of drug-likeness (QED) is 0.567. The van der Waals surface area contributed by atoms with Gasteiger partial charge in [0.1, 0.15) is 0 Å². The zero-order valence-electron chi connectivity index (χ0n) is 5.31. The van der Waals surface area contributed by atoms with Gasteiger partial charge in [0.2, 0.25) is 0 Å². The number of thioether (sulfide) groups is 1. The van der Waals surface area contributed by atoms with Crippen LogP contribution in [0.4, 0.5) is 0 Å². The van der Waals surface area contributed by atoms with Crippen LogP contribution in [-0.4, -0.2) is 19.3 Å².